The van der Waals surface area contributed by atoms with Crippen molar-refractivity contribution in [3.63, 3.8) is 0 Å². The standard InChI is InChI=1S/C21H21F3N2O2/c1-15(27)26(18-5-3-2-4-6-18)19-11-13-25(14-12-19)20(28)16-7-9-17(10-8-16)21(22,23)24/h2-10,19H,11-14H2,1H3. The molecule has 0 unspecified atom stereocenters. The van der Waals surface area contributed by atoms with Gasteiger partial charge in [-0.15, -0.1) is 0 Å². The summed E-state index contributed by atoms with van der Waals surface area (Å²) in [7, 11) is 0. The van der Waals surface area contributed by atoms with E-state index in [1.807, 2.05) is 30.3 Å². The lowest BCUT2D eigenvalue weighted by Gasteiger charge is -2.38. The van der Waals surface area contributed by atoms with Crippen molar-refractivity contribution in [1.29, 1.82) is 0 Å². The van der Waals surface area contributed by atoms with Crippen molar-refractivity contribution in [3.05, 3.63) is 65.7 Å². The molecule has 1 heterocycles. The smallest absolute Gasteiger partial charge is 0.338 e. The van der Waals surface area contributed by atoms with Gasteiger partial charge in [-0.3, -0.25) is 9.59 Å². The maximum atomic E-state index is 12.7. The fraction of sp³-hybridized carbons (Fsp3) is 0.333. The van der Waals surface area contributed by atoms with Crippen molar-refractivity contribution >= 4 is 17.5 Å². The first-order chi connectivity index (χ1) is 13.3. The SMILES string of the molecule is CC(=O)N(c1ccccc1)C1CCN(C(=O)c2ccc(C(F)(F)F)cc2)CC1. The topological polar surface area (TPSA) is 40.6 Å². The Labute approximate surface area is 161 Å². The minimum absolute atomic E-state index is 0.0171. The number of hydrogen-bond acceptors (Lipinski definition) is 2. The molecule has 2 aromatic carbocycles. The number of carbonyl (C=O) groups is 2. The molecule has 1 aliphatic rings. The van der Waals surface area contributed by atoms with Gasteiger partial charge >= 0.3 is 6.18 Å². The average Bonchev–Trinajstić information content (AvgIpc) is 2.68. The number of para-hydroxylation sites is 1. The molecule has 1 aliphatic heterocycles. The van der Waals surface area contributed by atoms with E-state index in [-0.39, 0.29) is 23.4 Å². The summed E-state index contributed by atoms with van der Waals surface area (Å²) in [5.74, 6) is -0.347. The second kappa shape index (κ2) is 8.04. The van der Waals surface area contributed by atoms with Gasteiger partial charge < -0.3 is 9.80 Å². The number of anilines is 1. The summed E-state index contributed by atoms with van der Waals surface area (Å²) in [6.45, 7) is 2.41. The molecular weight excluding hydrogens is 369 g/mol. The Balaban J connectivity index is 1.66. The predicted molar refractivity (Wildman–Crippen MR) is 100.0 cm³/mol. The number of likely N-dealkylation sites (tertiary alicyclic amines) is 1. The largest absolute Gasteiger partial charge is 0.416 e. The number of rotatable bonds is 3. The van der Waals surface area contributed by atoms with Crippen LogP contribution in [-0.2, 0) is 11.0 Å². The van der Waals surface area contributed by atoms with Crippen LogP contribution in [0.2, 0.25) is 0 Å². The van der Waals surface area contributed by atoms with Crippen LogP contribution in [0.25, 0.3) is 0 Å². The first-order valence-corrected chi connectivity index (χ1v) is 9.09. The summed E-state index contributed by atoms with van der Waals surface area (Å²) in [6.07, 6.45) is -3.20. The van der Waals surface area contributed by atoms with Crippen molar-refractivity contribution < 1.29 is 22.8 Å². The molecule has 28 heavy (non-hydrogen) atoms. The lowest BCUT2D eigenvalue weighted by atomic mass is 10.0. The average molecular weight is 390 g/mol. The normalized spacial score (nSPS) is 15.4. The highest BCUT2D eigenvalue weighted by Gasteiger charge is 2.32. The monoisotopic (exact) mass is 390 g/mol. The van der Waals surface area contributed by atoms with Crippen molar-refractivity contribution in [1.82, 2.24) is 4.90 Å². The zero-order valence-electron chi connectivity index (χ0n) is 15.4. The van der Waals surface area contributed by atoms with Crippen molar-refractivity contribution in [2.75, 3.05) is 18.0 Å². The fourth-order valence-corrected chi connectivity index (χ4v) is 3.55. The molecule has 3 rings (SSSR count). The molecule has 0 atom stereocenters. The maximum absolute atomic E-state index is 12.7. The van der Waals surface area contributed by atoms with E-state index >= 15 is 0 Å². The number of carbonyl (C=O) groups excluding carboxylic acids is 2. The highest BCUT2D eigenvalue weighted by Crippen LogP contribution is 2.29. The molecule has 0 aromatic heterocycles. The molecule has 1 fully saturated rings. The molecule has 2 amide bonds. The van der Waals surface area contributed by atoms with E-state index in [1.54, 1.807) is 9.80 Å². The van der Waals surface area contributed by atoms with Crippen LogP contribution in [0.1, 0.15) is 35.7 Å². The van der Waals surface area contributed by atoms with Gasteiger partial charge in [0.25, 0.3) is 5.91 Å². The Kier molecular flexibility index (Phi) is 5.72. The molecule has 7 heteroatoms. The van der Waals surface area contributed by atoms with Crippen molar-refractivity contribution in [2.24, 2.45) is 0 Å². The molecule has 148 valence electrons. The Morgan fingerprint density at radius 2 is 1.54 bits per heavy atom. The summed E-state index contributed by atoms with van der Waals surface area (Å²) >= 11 is 0. The highest BCUT2D eigenvalue weighted by molar-refractivity contribution is 5.94. The van der Waals surface area contributed by atoms with E-state index < -0.39 is 11.7 Å². The van der Waals surface area contributed by atoms with E-state index in [9.17, 15) is 22.8 Å². The summed E-state index contributed by atoms with van der Waals surface area (Å²) in [6, 6.07) is 13.6. The first-order valence-electron chi connectivity index (χ1n) is 9.09. The van der Waals surface area contributed by atoms with Gasteiger partial charge in [0.1, 0.15) is 0 Å². The fourth-order valence-electron chi connectivity index (χ4n) is 3.55. The third kappa shape index (κ3) is 4.35. The van der Waals surface area contributed by atoms with Gasteiger partial charge in [0.2, 0.25) is 5.91 Å². The number of amides is 2. The van der Waals surface area contributed by atoms with Crippen molar-refractivity contribution in [2.45, 2.75) is 32.0 Å². The Hall–Kier alpha value is -2.83. The molecule has 0 bridgehead atoms. The molecule has 0 aliphatic carbocycles. The molecule has 0 saturated carbocycles. The lowest BCUT2D eigenvalue weighted by Crippen LogP contribution is -2.48. The summed E-state index contributed by atoms with van der Waals surface area (Å²) in [4.78, 5) is 28.1. The molecule has 2 aromatic rings. The van der Waals surface area contributed by atoms with Crippen LogP contribution in [0.15, 0.2) is 54.6 Å². The molecule has 0 radical (unpaired) electrons. The van der Waals surface area contributed by atoms with Gasteiger partial charge in [0.15, 0.2) is 0 Å². The van der Waals surface area contributed by atoms with Crippen LogP contribution >= 0.6 is 0 Å². The van der Waals surface area contributed by atoms with E-state index in [4.69, 9.17) is 0 Å². The van der Waals surface area contributed by atoms with Gasteiger partial charge in [-0.1, -0.05) is 18.2 Å². The maximum Gasteiger partial charge on any atom is 0.416 e. The predicted octanol–water partition coefficient (Wildman–Crippen LogP) is 4.36. The van der Waals surface area contributed by atoms with Crippen molar-refractivity contribution in [3.8, 4) is 0 Å². The number of halogens is 3. The third-order valence-corrected chi connectivity index (χ3v) is 4.95. The third-order valence-electron chi connectivity index (χ3n) is 4.95. The van der Waals surface area contributed by atoms with E-state index in [1.165, 1.54) is 19.1 Å². The highest BCUT2D eigenvalue weighted by atomic mass is 19.4. The second-order valence-corrected chi connectivity index (χ2v) is 6.82. The van der Waals surface area contributed by atoms with Crippen LogP contribution < -0.4 is 4.90 Å². The Bertz CT molecular complexity index is 827. The number of benzene rings is 2. The van der Waals surface area contributed by atoms with Crippen LogP contribution in [0.3, 0.4) is 0 Å². The van der Waals surface area contributed by atoms with Gasteiger partial charge in [-0.05, 0) is 49.2 Å². The zero-order chi connectivity index (χ0) is 20.3. The van der Waals surface area contributed by atoms with Crippen LogP contribution in [0.4, 0.5) is 18.9 Å². The van der Waals surface area contributed by atoms with E-state index in [2.05, 4.69) is 0 Å². The van der Waals surface area contributed by atoms with E-state index in [0.717, 1.165) is 17.8 Å². The molecule has 4 nitrogen and oxygen atoms in total. The van der Waals surface area contributed by atoms with E-state index in [0.29, 0.717) is 25.9 Å². The number of hydrogen-bond donors (Lipinski definition) is 0. The number of alkyl halides is 3. The molecule has 1 saturated heterocycles. The molecule has 0 N–H and O–H groups in total. The lowest BCUT2D eigenvalue weighted by molar-refractivity contribution is -0.137. The Morgan fingerprint density at radius 3 is 2.04 bits per heavy atom. The van der Waals surface area contributed by atoms with Gasteiger partial charge in [0.05, 0.1) is 5.56 Å². The quantitative estimate of drug-likeness (QED) is 0.781. The van der Waals surface area contributed by atoms with Gasteiger partial charge in [0, 0.05) is 37.3 Å². The first kappa shape index (κ1) is 19.9. The summed E-state index contributed by atoms with van der Waals surface area (Å²) in [5.41, 5.74) is 0.281. The summed E-state index contributed by atoms with van der Waals surface area (Å²) < 4.78 is 38.0. The van der Waals surface area contributed by atoms with Gasteiger partial charge in [-0.2, -0.15) is 13.2 Å². The van der Waals surface area contributed by atoms with Gasteiger partial charge in [-0.25, -0.2) is 0 Å². The number of piperidine rings is 1. The molecular formula is C21H21F3N2O2. The zero-order valence-corrected chi connectivity index (χ0v) is 15.4. The second-order valence-electron chi connectivity index (χ2n) is 6.82. The molecule has 0 spiro atoms. The van der Waals surface area contributed by atoms with Crippen LogP contribution in [0, 0.1) is 0 Å². The summed E-state index contributed by atoms with van der Waals surface area (Å²) in [5, 5.41) is 0. The van der Waals surface area contributed by atoms with Crippen LogP contribution in [-0.4, -0.2) is 35.8 Å². The van der Waals surface area contributed by atoms with Crippen LogP contribution in [0.5, 0.6) is 0 Å². The minimum atomic E-state index is -4.42. The Morgan fingerprint density at radius 1 is 0.964 bits per heavy atom. The minimum Gasteiger partial charge on any atom is -0.338 e. The number of nitrogens with zero attached hydrogens (tertiary/aromatic N) is 2.